The third-order valence-electron chi connectivity index (χ3n) is 1.29. The summed E-state index contributed by atoms with van der Waals surface area (Å²) in [6, 6.07) is 1.03. The smallest absolute Gasteiger partial charge is 0.356 e. The summed E-state index contributed by atoms with van der Waals surface area (Å²) in [7, 11) is 0. The van der Waals surface area contributed by atoms with E-state index in [0.717, 1.165) is 10.7 Å². The van der Waals surface area contributed by atoms with E-state index in [1.807, 2.05) is 0 Å². The van der Waals surface area contributed by atoms with Crippen LogP contribution < -0.4 is 0 Å². The van der Waals surface area contributed by atoms with Crippen LogP contribution in [0.15, 0.2) is 6.07 Å². The summed E-state index contributed by atoms with van der Waals surface area (Å²) in [6.07, 6.45) is 0. The van der Waals surface area contributed by atoms with Crippen molar-refractivity contribution in [1.29, 1.82) is 0 Å². The zero-order valence-electron chi connectivity index (χ0n) is 6.14. The molecule has 0 radical (unpaired) electrons. The number of aromatic hydroxyl groups is 1. The predicted octanol–water partition coefficient (Wildman–Crippen LogP) is -0.721. The summed E-state index contributed by atoms with van der Waals surface area (Å²) in [4.78, 5) is 10.3. The summed E-state index contributed by atoms with van der Waals surface area (Å²) in [5, 5.41) is 29.5. The van der Waals surface area contributed by atoms with Crippen LogP contribution in [-0.2, 0) is 6.54 Å². The molecule has 0 spiro atoms. The van der Waals surface area contributed by atoms with E-state index in [0.29, 0.717) is 0 Å². The highest BCUT2D eigenvalue weighted by molar-refractivity contribution is 5.85. The van der Waals surface area contributed by atoms with Crippen LogP contribution in [0.2, 0.25) is 0 Å². The minimum Gasteiger partial charge on any atom is -0.493 e. The van der Waals surface area contributed by atoms with Gasteiger partial charge in [0.2, 0.25) is 5.88 Å². The number of aliphatic hydroxyl groups is 1. The molecule has 0 bridgehead atoms. The van der Waals surface area contributed by atoms with Gasteiger partial charge in [0.15, 0.2) is 5.69 Å². The van der Waals surface area contributed by atoms with Crippen LogP contribution in [0.5, 0.6) is 5.88 Å². The molecule has 12 heavy (non-hydrogen) atoms. The van der Waals surface area contributed by atoms with Crippen molar-refractivity contribution in [2.24, 2.45) is 0 Å². The third kappa shape index (κ3) is 1.54. The third-order valence-corrected chi connectivity index (χ3v) is 1.29. The molecule has 0 aromatic carbocycles. The normalized spacial score (nSPS) is 10.1. The molecule has 1 rings (SSSR count). The predicted molar refractivity (Wildman–Crippen MR) is 37.9 cm³/mol. The highest BCUT2D eigenvalue weighted by Crippen LogP contribution is 2.10. The lowest BCUT2D eigenvalue weighted by molar-refractivity contribution is 0.0689. The van der Waals surface area contributed by atoms with Gasteiger partial charge in [-0.05, 0) is 0 Å². The van der Waals surface area contributed by atoms with Gasteiger partial charge in [-0.1, -0.05) is 0 Å². The van der Waals surface area contributed by atoms with E-state index in [-0.39, 0.29) is 24.7 Å². The Bertz CT molecular complexity index is 294. The van der Waals surface area contributed by atoms with E-state index in [9.17, 15) is 4.79 Å². The Balaban J connectivity index is 2.92. The maximum absolute atomic E-state index is 10.3. The van der Waals surface area contributed by atoms with Gasteiger partial charge in [-0.25, -0.2) is 9.48 Å². The second kappa shape index (κ2) is 3.22. The largest absolute Gasteiger partial charge is 0.493 e. The summed E-state index contributed by atoms with van der Waals surface area (Å²) in [5.41, 5.74) is -0.235. The Hall–Kier alpha value is -1.56. The molecule has 6 heteroatoms. The maximum atomic E-state index is 10.3. The van der Waals surface area contributed by atoms with Gasteiger partial charge in [-0.2, -0.15) is 5.10 Å². The number of carboxylic acids is 1. The van der Waals surface area contributed by atoms with Gasteiger partial charge in [0, 0.05) is 6.07 Å². The molecule has 0 fully saturated rings. The molecule has 0 aliphatic heterocycles. The highest BCUT2D eigenvalue weighted by atomic mass is 16.4. The van der Waals surface area contributed by atoms with Gasteiger partial charge in [0.1, 0.15) is 0 Å². The first-order chi connectivity index (χ1) is 5.65. The first-order valence-electron chi connectivity index (χ1n) is 3.26. The van der Waals surface area contributed by atoms with Crippen molar-refractivity contribution >= 4 is 5.97 Å². The Morgan fingerprint density at radius 2 is 2.33 bits per heavy atom. The van der Waals surface area contributed by atoms with Gasteiger partial charge in [0.25, 0.3) is 0 Å². The van der Waals surface area contributed by atoms with Crippen molar-refractivity contribution in [2.45, 2.75) is 6.54 Å². The maximum Gasteiger partial charge on any atom is 0.356 e. The standard InChI is InChI=1S/C6H8N2O4/c9-2-1-8-5(10)3-4(7-8)6(11)12/h3,9-10H,1-2H2,(H,11,12). The number of nitrogens with zero attached hydrogens (tertiary/aromatic N) is 2. The summed E-state index contributed by atoms with van der Waals surface area (Å²) < 4.78 is 1.02. The topological polar surface area (TPSA) is 95.6 Å². The summed E-state index contributed by atoms with van der Waals surface area (Å²) >= 11 is 0. The number of carbonyl (C=O) groups is 1. The van der Waals surface area contributed by atoms with E-state index in [4.69, 9.17) is 15.3 Å². The van der Waals surface area contributed by atoms with Crippen LogP contribution in [-0.4, -0.2) is 37.7 Å². The SMILES string of the molecule is O=C(O)c1cc(O)n(CCO)n1. The number of carboxylic acid groups (broad SMARTS) is 1. The van der Waals surface area contributed by atoms with Crippen molar-refractivity contribution in [1.82, 2.24) is 9.78 Å². The van der Waals surface area contributed by atoms with Crippen molar-refractivity contribution in [3.63, 3.8) is 0 Å². The minimum atomic E-state index is -1.21. The lowest BCUT2D eigenvalue weighted by Crippen LogP contribution is -2.05. The second-order valence-electron chi connectivity index (χ2n) is 2.14. The van der Waals surface area contributed by atoms with Gasteiger partial charge >= 0.3 is 5.97 Å². The summed E-state index contributed by atoms with van der Waals surface area (Å²) in [6.45, 7) is -0.118. The number of hydrogen-bond donors (Lipinski definition) is 3. The van der Waals surface area contributed by atoms with E-state index in [1.165, 1.54) is 0 Å². The van der Waals surface area contributed by atoms with Crippen molar-refractivity contribution in [3.8, 4) is 5.88 Å². The molecule has 0 aliphatic carbocycles. The van der Waals surface area contributed by atoms with Crippen LogP contribution >= 0.6 is 0 Å². The molecule has 0 saturated heterocycles. The Morgan fingerprint density at radius 3 is 2.75 bits per heavy atom. The van der Waals surface area contributed by atoms with E-state index in [1.54, 1.807) is 0 Å². The Morgan fingerprint density at radius 1 is 1.67 bits per heavy atom. The zero-order valence-corrected chi connectivity index (χ0v) is 6.14. The molecule has 66 valence electrons. The fourth-order valence-electron chi connectivity index (χ4n) is 0.771. The van der Waals surface area contributed by atoms with Crippen LogP contribution in [0, 0.1) is 0 Å². The monoisotopic (exact) mass is 172 g/mol. The quantitative estimate of drug-likeness (QED) is 0.559. The van der Waals surface area contributed by atoms with E-state index >= 15 is 0 Å². The molecular formula is C6H8N2O4. The fourth-order valence-corrected chi connectivity index (χ4v) is 0.771. The number of aromatic nitrogens is 2. The molecule has 1 heterocycles. The molecule has 0 aliphatic rings. The zero-order chi connectivity index (χ0) is 9.14. The average molecular weight is 172 g/mol. The Labute approximate surface area is 67.7 Å². The molecule has 1 aromatic heterocycles. The van der Waals surface area contributed by atoms with Gasteiger partial charge < -0.3 is 15.3 Å². The van der Waals surface area contributed by atoms with E-state index < -0.39 is 5.97 Å². The fraction of sp³-hybridized carbons (Fsp3) is 0.333. The summed E-state index contributed by atoms with van der Waals surface area (Å²) in [5.74, 6) is -1.47. The molecule has 0 unspecified atom stereocenters. The average Bonchev–Trinajstić information content (AvgIpc) is 2.34. The molecule has 0 amide bonds. The van der Waals surface area contributed by atoms with Crippen molar-refractivity contribution in [2.75, 3.05) is 6.61 Å². The molecule has 0 atom stereocenters. The van der Waals surface area contributed by atoms with Crippen molar-refractivity contribution in [3.05, 3.63) is 11.8 Å². The van der Waals surface area contributed by atoms with Gasteiger partial charge in [-0.3, -0.25) is 0 Å². The molecule has 6 nitrogen and oxygen atoms in total. The van der Waals surface area contributed by atoms with Crippen LogP contribution in [0.1, 0.15) is 10.5 Å². The minimum absolute atomic E-state index is 0.0825. The van der Waals surface area contributed by atoms with Crippen LogP contribution in [0.25, 0.3) is 0 Å². The number of rotatable bonds is 3. The van der Waals surface area contributed by atoms with E-state index in [2.05, 4.69) is 5.10 Å². The van der Waals surface area contributed by atoms with Crippen molar-refractivity contribution < 1.29 is 20.1 Å². The number of hydrogen-bond acceptors (Lipinski definition) is 4. The lowest BCUT2D eigenvalue weighted by atomic mass is 10.4. The molecular weight excluding hydrogens is 164 g/mol. The van der Waals surface area contributed by atoms with Crippen LogP contribution in [0.4, 0.5) is 0 Å². The lowest BCUT2D eigenvalue weighted by Gasteiger charge is -1.96. The first kappa shape index (κ1) is 8.54. The Kier molecular flexibility index (Phi) is 2.29. The molecule has 3 N–H and O–H groups in total. The first-order valence-corrected chi connectivity index (χ1v) is 3.26. The molecule has 1 aromatic rings. The molecule has 0 saturated carbocycles. The van der Waals surface area contributed by atoms with Gasteiger partial charge in [0.05, 0.1) is 13.2 Å². The second-order valence-corrected chi connectivity index (χ2v) is 2.14. The highest BCUT2D eigenvalue weighted by Gasteiger charge is 2.11. The number of aliphatic hydroxyl groups excluding tert-OH is 1. The van der Waals surface area contributed by atoms with Crippen LogP contribution in [0.3, 0.4) is 0 Å². The van der Waals surface area contributed by atoms with Gasteiger partial charge in [-0.15, -0.1) is 0 Å². The number of aromatic carboxylic acids is 1.